The summed E-state index contributed by atoms with van der Waals surface area (Å²) in [7, 11) is 0. The lowest BCUT2D eigenvalue weighted by atomic mass is 10.1. The maximum Gasteiger partial charge on any atom is 0.322 e. The molecule has 1 heterocycles. The van der Waals surface area contributed by atoms with Gasteiger partial charge in [-0.15, -0.1) is 0 Å². The highest BCUT2D eigenvalue weighted by molar-refractivity contribution is 5.85. The monoisotopic (exact) mass is 256 g/mol. The summed E-state index contributed by atoms with van der Waals surface area (Å²) in [6.45, 7) is 0.768. The van der Waals surface area contributed by atoms with E-state index in [1.54, 1.807) is 0 Å². The molecule has 98 valence electrons. The molecular weight excluding hydrogens is 240 g/mol. The normalized spacial score (nSPS) is 19.7. The minimum Gasteiger partial charge on any atom is -0.480 e. The largest absolute Gasteiger partial charge is 0.480 e. The van der Waals surface area contributed by atoms with Crippen LogP contribution in [0.25, 0.3) is 10.8 Å². The molecule has 4 heteroatoms. The van der Waals surface area contributed by atoms with Crippen molar-refractivity contribution in [2.45, 2.75) is 18.9 Å². The molecule has 1 aliphatic heterocycles. The molecule has 2 aromatic rings. The van der Waals surface area contributed by atoms with Crippen molar-refractivity contribution in [2.24, 2.45) is 0 Å². The maximum absolute atomic E-state index is 11.1. The average molecular weight is 256 g/mol. The molecule has 1 atom stereocenters. The van der Waals surface area contributed by atoms with Gasteiger partial charge in [0.05, 0.1) is 0 Å². The molecule has 0 radical (unpaired) electrons. The Labute approximate surface area is 111 Å². The van der Waals surface area contributed by atoms with E-state index in [4.69, 9.17) is 5.11 Å². The molecule has 2 N–H and O–H groups in total. The molecule has 0 spiro atoms. The number of hydrogen-bond donors (Lipinski definition) is 2. The molecule has 3 rings (SSSR count). The van der Waals surface area contributed by atoms with Gasteiger partial charge >= 0.3 is 5.97 Å². The van der Waals surface area contributed by atoms with Gasteiger partial charge in [0, 0.05) is 12.2 Å². The number of nitrogens with one attached hydrogen (secondary N) is 1. The molecule has 2 aromatic carbocycles. The van der Waals surface area contributed by atoms with Crippen LogP contribution in [0.3, 0.4) is 0 Å². The summed E-state index contributed by atoms with van der Waals surface area (Å²) in [4.78, 5) is 11.1. The van der Waals surface area contributed by atoms with Gasteiger partial charge in [-0.25, -0.2) is 5.01 Å². The van der Waals surface area contributed by atoms with Crippen LogP contribution >= 0.6 is 0 Å². The van der Waals surface area contributed by atoms with Gasteiger partial charge in [0.2, 0.25) is 0 Å². The first kappa shape index (κ1) is 12.0. The van der Waals surface area contributed by atoms with Crippen molar-refractivity contribution in [3.8, 4) is 0 Å². The van der Waals surface area contributed by atoms with Crippen LogP contribution < -0.4 is 5.43 Å². The van der Waals surface area contributed by atoms with Crippen molar-refractivity contribution in [3.05, 3.63) is 42.5 Å². The van der Waals surface area contributed by atoms with Gasteiger partial charge in [-0.2, -0.15) is 0 Å². The van der Waals surface area contributed by atoms with Gasteiger partial charge in [0.1, 0.15) is 6.04 Å². The van der Waals surface area contributed by atoms with E-state index in [-0.39, 0.29) is 0 Å². The Bertz CT molecular complexity index is 612. The summed E-state index contributed by atoms with van der Waals surface area (Å²) in [5.74, 6) is -0.759. The number of carbonyl (C=O) groups is 1. The molecule has 1 fully saturated rings. The molecule has 0 aromatic heterocycles. The fraction of sp³-hybridized carbons (Fsp3) is 0.267. The zero-order chi connectivity index (χ0) is 13.2. The number of benzene rings is 2. The molecular formula is C15H16N2O2. The van der Waals surface area contributed by atoms with Crippen LogP contribution in [0.5, 0.6) is 0 Å². The number of fused-ring (bicyclic) bond motifs is 1. The lowest BCUT2D eigenvalue weighted by Gasteiger charge is -2.23. The molecule has 0 saturated carbocycles. The molecule has 4 nitrogen and oxygen atoms in total. The maximum atomic E-state index is 11.1. The van der Waals surface area contributed by atoms with Gasteiger partial charge in [0.15, 0.2) is 0 Å². The van der Waals surface area contributed by atoms with Gasteiger partial charge in [0.25, 0.3) is 0 Å². The zero-order valence-corrected chi connectivity index (χ0v) is 10.5. The predicted octanol–water partition coefficient (Wildman–Crippen LogP) is 2.72. The summed E-state index contributed by atoms with van der Waals surface area (Å²) in [6.07, 6.45) is 1.62. The number of hydrogen-bond acceptors (Lipinski definition) is 3. The number of hydrazine groups is 1. The minimum atomic E-state index is -0.759. The summed E-state index contributed by atoms with van der Waals surface area (Å²) in [5, 5.41) is 13.3. The summed E-state index contributed by atoms with van der Waals surface area (Å²) >= 11 is 0. The highest BCUT2D eigenvalue weighted by Crippen LogP contribution is 2.22. The number of anilines is 1. The van der Waals surface area contributed by atoms with E-state index in [0.29, 0.717) is 6.42 Å². The summed E-state index contributed by atoms with van der Waals surface area (Å²) in [5.41, 5.74) is 4.15. The molecule has 0 bridgehead atoms. The quantitative estimate of drug-likeness (QED) is 0.886. The first-order valence-electron chi connectivity index (χ1n) is 6.49. The number of nitrogens with zero attached hydrogens (tertiary/aromatic N) is 1. The fourth-order valence-corrected chi connectivity index (χ4v) is 2.58. The Hall–Kier alpha value is -2.07. The van der Waals surface area contributed by atoms with Crippen molar-refractivity contribution < 1.29 is 9.90 Å². The van der Waals surface area contributed by atoms with Crippen molar-refractivity contribution in [1.29, 1.82) is 0 Å². The van der Waals surface area contributed by atoms with Gasteiger partial charge in [-0.05, 0) is 35.7 Å². The van der Waals surface area contributed by atoms with Gasteiger partial charge < -0.3 is 10.5 Å². The van der Waals surface area contributed by atoms with Crippen LogP contribution in [0.2, 0.25) is 0 Å². The Morgan fingerprint density at radius 2 is 2.00 bits per heavy atom. The minimum absolute atomic E-state index is 0.425. The topological polar surface area (TPSA) is 52.6 Å². The number of carboxylic acids is 1. The molecule has 0 unspecified atom stereocenters. The van der Waals surface area contributed by atoms with Crippen molar-refractivity contribution in [3.63, 3.8) is 0 Å². The lowest BCUT2D eigenvalue weighted by Crippen LogP contribution is -2.39. The third kappa shape index (κ3) is 2.39. The van der Waals surface area contributed by atoms with E-state index in [0.717, 1.165) is 24.0 Å². The first-order valence-corrected chi connectivity index (χ1v) is 6.49. The van der Waals surface area contributed by atoms with Crippen molar-refractivity contribution >= 4 is 22.4 Å². The fourth-order valence-electron chi connectivity index (χ4n) is 2.58. The third-order valence-electron chi connectivity index (χ3n) is 3.56. The first-order chi connectivity index (χ1) is 9.24. The van der Waals surface area contributed by atoms with E-state index in [2.05, 4.69) is 17.6 Å². The second kappa shape index (κ2) is 4.90. The summed E-state index contributed by atoms with van der Waals surface area (Å²) in [6, 6.07) is 13.8. The number of carboxylic acid groups (broad SMARTS) is 1. The standard InChI is InChI=1S/C15H16N2O2/c18-15(19)14-6-3-9-17(14)16-13-8-7-11-4-1-2-5-12(11)10-13/h1-2,4-5,7-8,10,14,16H,3,6,9H2,(H,18,19)/t14-/m0/s1. The van der Waals surface area contributed by atoms with Crippen LogP contribution in [0, 0.1) is 0 Å². The van der Waals surface area contributed by atoms with Crippen LogP contribution in [-0.2, 0) is 4.79 Å². The average Bonchev–Trinajstić information content (AvgIpc) is 2.87. The highest BCUT2D eigenvalue weighted by atomic mass is 16.4. The summed E-state index contributed by atoms with van der Waals surface area (Å²) < 4.78 is 0. The zero-order valence-electron chi connectivity index (χ0n) is 10.5. The van der Waals surface area contributed by atoms with Crippen LogP contribution in [-0.4, -0.2) is 28.7 Å². The van der Waals surface area contributed by atoms with Crippen LogP contribution in [0.4, 0.5) is 5.69 Å². The number of rotatable bonds is 3. The lowest BCUT2D eigenvalue weighted by molar-refractivity contribution is -0.141. The number of aliphatic carboxylic acids is 1. The Morgan fingerprint density at radius 3 is 2.79 bits per heavy atom. The van der Waals surface area contributed by atoms with Crippen LogP contribution in [0.15, 0.2) is 42.5 Å². The molecule has 1 aliphatic rings. The third-order valence-corrected chi connectivity index (χ3v) is 3.56. The molecule has 1 saturated heterocycles. The smallest absolute Gasteiger partial charge is 0.322 e. The van der Waals surface area contributed by atoms with Crippen molar-refractivity contribution in [2.75, 3.05) is 12.0 Å². The second-order valence-corrected chi connectivity index (χ2v) is 4.86. The predicted molar refractivity (Wildman–Crippen MR) is 74.9 cm³/mol. The molecule has 0 aliphatic carbocycles. The van der Waals surface area contributed by atoms with E-state index in [1.165, 1.54) is 5.39 Å². The second-order valence-electron chi connectivity index (χ2n) is 4.86. The Morgan fingerprint density at radius 1 is 1.21 bits per heavy atom. The van der Waals surface area contributed by atoms with E-state index in [1.807, 2.05) is 35.3 Å². The SMILES string of the molecule is O=C(O)[C@@H]1CCCN1Nc1ccc2ccccc2c1. The van der Waals surface area contributed by atoms with E-state index >= 15 is 0 Å². The van der Waals surface area contributed by atoms with E-state index < -0.39 is 12.0 Å². The van der Waals surface area contributed by atoms with Gasteiger partial charge in [-0.3, -0.25) is 4.79 Å². The molecule has 0 amide bonds. The van der Waals surface area contributed by atoms with E-state index in [9.17, 15) is 4.79 Å². The highest BCUT2D eigenvalue weighted by Gasteiger charge is 2.30. The Balaban J connectivity index is 1.83. The van der Waals surface area contributed by atoms with Crippen LogP contribution in [0.1, 0.15) is 12.8 Å². The van der Waals surface area contributed by atoms with Gasteiger partial charge in [-0.1, -0.05) is 30.3 Å². The Kier molecular flexibility index (Phi) is 3.09. The molecule has 19 heavy (non-hydrogen) atoms. The van der Waals surface area contributed by atoms with Crippen molar-refractivity contribution in [1.82, 2.24) is 5.01 Å².